The van der Waals surface area contributed by atoms with Crippen LogP contribution in [0.1, 0.15) is 88.7 Å². The molecule has 2 amide bonds. The zero-order valence-electron chi connectivity index (χ0n) is 34.7. The first-order valence-corrected chi connectivity index (χ1v) is 21.6. The molecule has 15 heteroatoms. The van der Waals surface area contributed by atoms with Crippen molar-refractivity contribution in [2.45, 2.75) is 91.6 Å². The number of fused-ring (bicyclic) bond motifs is 8. The third-order valence-electron chi connectivity index (χ3n) is 12.7. The van der Waals surface area contributed by atoms with Crippen molar-refractivity contribution in [3.8, 4) is 28.2 Å². The molecule has 4 aliphatic rings. The number of nitrogens with one attached hydrogen (secondary N) is 2. The maximum atomic E-state index is 14.6. The molecule has 3 aliphatic heterocycles. The summed E-state index contributed by atoms with van der Waals surface area (Å²) in [6, 6.07) is 6.58. The molecule has 6 bridgehead atoms. The largest absolute Gasteiger partial charge is 0.464 e. The predicted octanol–water partition coefficient (Wildman–Crippen LogP) is 6.17. The van der Waals surface area contributed by atoms with Gasteiger partial charge in [0.05, 0.1) is 47.5 Å². The minimum Gasteiger partial charge on any atom is -0.464 e. The number of aromatic nitrogens is 5. The first-order valence-electron chi connectivity index (χ1n) is 20.7. The molecule has 5 aromatic rings. The average Bonchev–Trinajstić information content (AvgIpc) is 3.70. The molecule has 1 saturated carbocycles. The minimum atomic E-state index is -1.09. The van der Waals surface area contributed by atoms with E-state index in [1.54, 1.807) is 13.3 Å². The molecular weight excluding hydrogens is 769 g/mol. The number of carbonyl (C=O) groups is 3. The maximum Gasteiger partial charge on any atom is 0.324 e. The van der Waals surface area contributed by atoms with E-state index in [2.05, 4.69) is 51.9 Å². The summed E-state index contributed by atoms with van der Waals surface area (Å²) in [6.07, 6.45) is 6.11. The number of carbonyl (C=O) groups excluding carboxylic acids is 3. The van der Waals surface area contributed by atoms with Gasteiger partial charge in [0, 0.05) is 72.1 Å². The van der Waals surface area contributed by atoms with Crippen LogP contribution in [0.5, 0.6) is 0 Å². The number of benzene rings is 1. The number of hydrogen-bond donors (Lipinski definition) is 2. The SMILES string of the molecule is CCO[C@@H]1c2nc(cs2)-c2cc3c4c(c2)c(c(-c2cccnc2[C@H](C)OC)n4Cc2nccn2-3)CC(C)(C)COC(=O)[C@@H]2CCCN(N2)C(=O)C1NC(=O)C1[C@@H](C)[C@H]1C. The Hall–Kier alpha value is -4.96. The van der Waals surface area contributed by atoms with Crippen LogP contribution in [0.4, 0.5) is 0 Å². The molecule has 2 fully saturated rings. The van der Waals surface area contributed by atoms with Crippen molar-refractivity contribution in [2.75, 3.05) is 26.9 Å². The Balaban J connectivity index is 1.26. The van der Waals surface area contributed by atoms with Crippen LogP contribution in [-0.4, -0.2) is 85.8 Å². The highest BCUT2D eigenvalue weighted by molar-refractivity contribution is 7.10. The molecule has 310 valence electrons. The van der Waals surface area contributed by atoms with Crippen LogP contribution in [0.3, 0.4) is 0 Å². The van der Waals surface area contributed by atoms with Gasteiger partial charge in [0.15, 0.2) is 0 Å². The molecule has 7 atom stereocenters. The van der Waals surface area contributed by atoms with Crippen molar-refractivity contribution in [2.24, 2.45) is 23.2 Å². The number of esters is 1. The van der Waals surface area contributed by atoms with Gasteiger partial charge in [-0.25, -0.2) is 15.4 Å². The van der Waals surface area contributed by atoms with Crippen molar-refractivity contribution in [1.82, 2.24) is 39.8 Å². The molecule has 14 nitrogen and oxygen atoms in total. The molecule has 1 saturated heterocycles. The number of cyclic esters (lactones) is 1. The van der Waals surface area contributed by atoms with Gasteiger partial charge < -0.3 is 28.7 Å². The van der Waals surface area contributed by atoms with Gasteiger partial charge in [-0.1, -0.05) is 27.7 Å². The predicted molar refractivity (Wildman–Crippen MR) is 222 cm³/mol. The Morgan fingerprint density at radius 3 is 2.75 bits per heavy atom. The molecule has 59 heavy (non-hydrogen) atoms. The molecule has 9 rings (SSSR count). The van der Waals surface area contributed by atoms with E-state index < -0.39 is 29.6 Å². The number of imidazole rings is 1. The van der Waals surface area contributed by atoms with E-state index in [0.29, 0.717) is 37.4 Å². The highest BCUT2D eigenvalue weighted by Gasteiger charge is 2.50. The Kier molecular flexibility index (Phi) is 10.2. The Labute approximate surface area is 347 Å². The van der Waals surface area contributed by atoms with Crippen LogP contribution in [0.25, 0.3) is 39.1 Å². The molecule has 2 N–H and O–H groups in total. The number of pyridine rings is 1. The van der Waals surface area contributed by atoms with Gasteiger partial charge >= 0.3 is 5.97 Å². The molecule has 1 aromatic carbocycles. The van der Waals surface area contributed by atoms with E-state index in [1.807, 2.05) is 51.5 Å². The molecular formula is C44H52N8O6S. The van der Waals surface area contributed by atoms with E-state index in [0.717, 1.165) is 56.2 Å². The van der Waals surface area contributed by atoms with E-state index in [-0.39, 0.29) is 48.9 Å². The molecule has 2 unspecified atom stereocenters. The Bertz CT molecular complexity index is 2450. The van der Waals surface area contributed by atoms with Crippen LogP contribution < -0.4 is 10.7 Å². The molecule has 1 aliphatic carbocycles. The van der Waals surface area contributed by atoms with Crippen LogP contribution in [0.2, 0.25) is 0 Å². The lowest BCUT2D eigenvalue weighted by atomic mass is 9.84. The molecule has 0 radical (unpaired) electrons. The second-order valence-electron chi connectivity index (χ2n) is 17.3. The summed E-state index contributed by atoms with van der Waals surface area (Å²) in [5, 5.41) is 8.16. The Morgan fingerprint density at radius 1 is 1.17 bits per heavy atom. The minimum absolute atomic E-state index is 0.144. The number of nitrogens with zero attached hydrogens (tertiary/aromatic N) is 6. The zero-order chi connectivity index (χ0) is 41.3. The van der Waals surface area contributed by atoms with Gasteiger partial charge in [-0.15, -0.1) is 11.3 Å². The normalized spacial score (nSPS) is 25.6. The number of hydrogen-bond acceptors (Lipinski definition) is 11. The summed E-state index contributed by atoms with van der Waals surface area (Å²) in [7, 11) is 1.69. The van der Waals surface area contributed by atoms with E-state index >= 15 is 0 Å². The first-order chi connectivity index (χ1) is 28.4. The highest BCUT2D eigenvalue weighted by Crippen LogP contribution is 2.47. The van der Waals surface area contributed by atoms with Gasteiger partial charge in [0.1, 0.15) is 29.0 Å². The van der Waals surface area contributed by atoms with Crippen molar-refractivity contribution < 1.29 is 28.6 Å². The van der Waals surface area contributed by atoms with Gasteiger partial charge in [-0.3, -0.25) is 24.4 Å². The van der Waals surface area contributed by atoms with Gasteiger partial charge in [-0.2, -0.15) is 0 Å². The lowest BCUT2D eigenvalue weighted by molar-refractivity contribution is -0.156. The second-order valence-corrected chi connectivity index (χ2v) is 18.2. The molecule has 7 heterocycles. The summed E-state index contributed by atoms with van der Waals surface area (Å²) < 4.78 is 22.9. The monoisotopic (exact) mass is 820 g/mol. The van der Waals surface area contributed by atoms with E-state index in [9.17, 15) is 14.4 Å². The number of ether oxygens (including phenoxy) is 3. The lowest BCUT2D eigenvalue weighted by Crippen LogP contribution is -2.61. The topological polar surface area (TPSA) is 155 Å². The summed E-state index contributed by atoms with van der Waals surface area (Å²) in [5.41, 5.74) is 10.2. The summed E-state index contributed by atoms with van der Waals surface area (Å²) >= 11 is 1.40. The smallest absolute Gasteiger partial charge is 0.324 e. The average molecular weight is 821 g/mol. The molecule has 0 spiro atoms. The fraction of sp³-hybridized carbons (Fsp3) is 0.500. The van der Waals surface area contributed by atoms with E-state index in [1.165, 1.54) is 16.3 Å². The van der Waals surface area contributed by atoms with Gasteiger partial charge in [-0.05, 0) is 74.8 Å². The van der Waals surface area contributed by atoms with E-state index in [4.69, 9.17) is 29.2 Å². The van der Waals surface area contributed by atoms with Crippen LogP contribution in [-0.2, 0) is 41.6 Å². The zero-order valence-corrected chi connectivity index (χ0v) is 35.5. The van der Waals surface area contributed by atoms with Crippen molar-refractivity contribution in [3.63, 3.8) is 0 Å². The fourth-order valence-electron chi connectivity index (χ4n) is 9.25. The maximum absolute atomic E-state index is 14.6. The first kappa shape index (κ1) is 39.5. The lowest BCUT2D eigenvalue weighted by Gasteiger charge is -2.37. The summed E-state index contributed by atoms with van der Waals surface area (Å²) in [4.78, 5) is 57.1. The van der Waals surface area contributed by atoms with Gasteiger partial charge in [0.25, 0.3) is 5.91 Å². The van der Waals surface area contributed by atoms with Crippen molar-refractivity contribution in [3.05, 3.63) is 70.3 Å². The highest BCUT2D eigenvalue weighted by atomic mass is 32.1. The van der Waals surface area contributed by atoms with Crippen LogP contribution in [0, 0.1) is 23.2 Å². The molecule has 4 aromatic heterocycles. The van der Waals surface area contributed by atoms with Crippen molar-refractivity contribution in [1.29, 1.82) is 0 Å². The fourth-order valence-corrected chi connectivity index (χ4v) is 10.2. The standard InChI is InChI=1S/C44H52N8O6S/c1-8-57-39-36(48-40(53)34-23(2)24(34)3)42(54)52-15-10-12-30(49-52)43(55)58-22-44(5,6)19-29-28-17-26(31-21-59-41(39)47-31)18-32-38(28)51(20-33-45-14-16-50(32)33)37(29)27-11-9-13-46-35(27)25(4)56-7/h9,11,13-14,16-18,21,23-25,30,34,36,39,49H,8,10,12,15,19-20,22H2,1-7H3,(H,48,53)/t23-,24+,25-,30-,34?,36?,39-/m0/s1. The third-order valence-corrected chi connectivity index (χ3v) is 13.7. The van der Waals surface area contributed by atoms with Gasteiger partial charge in [0.2, 0.25) is 5.91 Å². The quantitative estimate of drug-likeness (QED) is 0.179. The van der Waals surface area contributed by atoms with Crippen LogP contribution in [0.15, 0.2) is 48.2 Å². The number of methoxy groups -OCH3 is 1. The number of thiazole rings is 1. The second kappa shape index (κ2) is 15.3. The summed E-state index contributed by atoms with van der Waals surface area (Å²) in [6.45, 7) is 13.5. The van der Waals surface area contributed by atoms with Crippen molar-refractivity contribution >= 4 is 40.0 Å². The summed E-state index contributed by atoms with van der Waals surface area (Å²) in [5.74, 6) is 0.0974. The third kappa shape index (κ3) is 6.95. The number of amides is 2. The van der Waals surface area contributed by atoms with Crippen LogP contribution >= 0.6 is 11.3 Å². The Morgan fingerprint density at radius 2 is 1.98 bits per heavy atom. The number of rotatable bonds is 7. The number of hydrazine groups is 1.